The summed E-state index contributed by atoms with van der Waals surface area (Å²) in [6.45, 7) is 3.46. The normalized spacial score (nSPS) is 11.5. The molecule has 0 fully saturated rings. The van der Waals surface area contributed by atoms with Crippen LogP contribution in [-0.4, -0.2) is 15.1 Å². The van der Waals surface area contributed by atoms with Gasteiger partial charge in [0.1, 0.15) is 11.6 Å². The molecule has 2 aromatic heterocycles. The summed E-state index contributed by atoms with van der Waals surface area (Å²) in [6, 6.07) is 6.25. The second-order valence-electron chi connectivity index (χ2n) is 5.48. The molecule has 1 aromatic carbocycles. The van der Waals surface area contributed by atoms with Gasteiger partial charge < -0.3 is 15.2 Å². The van der Waals surface area contributed by atoms with Crippen LogP contribution in [0.4, 0.5) is 36.4 Å². The van der Waals surface area contributed by atoms with E-state index in [9.17, 15) is 13.2 Å². The molecular weight excluding hydrogens is 371 g/mol. The van der Waals surface area contributed by atoms with Gasteiger partial charge in [-0.05, 0) is 32.0 Å². The van der Waals surface area contributed by atoms with Gasteiger partial charge >= 0.3 is 6.18 Å². The second kappa shape index (κ2) is 6.83. The Balaban J connectivity index is 1.88. The summed E-state index contributed by atoms with van der Waals surface area (Å²) in [5.74, 6) is 1.51. The molecule has 136 valence electrons. The molecule has 0 radical (unpaired) electrons. The van der Waals surface area contributed by atoms with E-state index < -0.39 is 11.7 Å². The maximum Gasteiger partial charge on any atom is 0.416 e. The summed E-state index contributed by atoms with van der Waals surface area (Å²) in [5, 5.41) is 9.56. The summed E-state index contributed by atoms with van der Waals surface area (Å²) < 4.78 is 43.6. The van der Waals surface area contributed by atoms with Crippen molar-refractivity contribution in [2.45, 2.75) is 20.0 Å². The first-order valence-corrected chi connectivity index (χ1v) is 7.78. The minimum Gasteiger partial charge on any atom is -0.360 e. The highest BCUT2D eigenvalue weighted by molar-refractivity contribution is 6.33. The smallest absolute Gasteiger partial charge is 0.360 e. The summed E-state index contributed by atoms with van der Waals surface area (Å²) in [4.78, 5) is 8.41. The van der Waals surface area contributed by atoms with Crippen molar-refractivity contribution in [1.29, 1.82) is 0 Å². The quantitative estimate of drug-likeness (QED) is 0.641. The monoisotopic (exact) mass is 383 g/mol. The van der Waals surface area contributed by atoms with Crippen molar-refractivity contribution < 1.29 is 17.7 Å². The van der Waals surface area contributed by atoms with Crippen LogP contribution in [-0.2, 0) is 6.18 Å². The van der Waals surface area contributed by atoms with Gasteiger partial charge in [0.15, 0.2) is 5.82 Å². The number of anilines is 4. The number of aromatic nitrogens is 3. The molecule has 0 saturated heterocycles. The maximum atomic E-state index is 12.9. The van der Waals surface area contributed by atoms with Crippen LogP contribution >= 0.6 is 11.6 Å². The third kappa shape index (κ3) is 4.23. The van der Waals surface area contributed by atoms with Crippen molar-refractivity contribution in [1.82, 2.24) is 15.1 Å². The van der Waals surface area contributed by atoms with Crippen molar-refractivity contribution >= 4 is 34.9 Å². The summed E-state index contributed by atoms with van der Waals surface area (Å²) in [6.07, 6.45) is -4.47. The Hall–Kier alpha value is -2.81. The van der Waals surface area contributed by atoms with Crippen molar-refractivity contribution in [3.8, 4) is 0 Å². The molecule has 0 aliphatic carbocycles. The Morgan fingerprint density at radius 3 is 2.42 bits per heavy atom. The molecule has 10 heteroatoms. The predicted octanol–water partition coefficient (Wildman–Crippen LogP) is 5.24. The van der Waals surface area contributed by atoms with Gasteiger partial charge in [-0.2, -0.15) is 18.2 Å². The number of benzene rings is 1. The Morgan fingerprint density at radius 2 is 1.77 bits per heavy atom. The van der Waals surface area contributed by atoms with Gasteiger partial charge in [-0.25, -0.2) is 4.98 Å². The number of aryl methyl sites for hydroxylation is 2. The Kier molecular flexibility index (Phi) is 4.73. The summed E-state index contributed by atoms with van der Waals surface area (Å²) >= 11 is 6.00. The third-order valence-electron chi connectivity index (χ3n) is 3.28. The van der Waals surface area contributed by atoms with Crippen LogP contribution in [0.5, 0.6) is 0 Å². The molecule has 0 amide bonds. The fourth-order valence-electron chi connectivity index (χ4n) is 2.16. The van der Waals surface area contributed by atoms with Crippen LogP contribution in [0.25, 0.3) is 0 Å². The molecule has 6 nitrogen and oxygen atoms in total. The van der Waals surface area contributed by atoms with Crippen LogP contribution in [0.2, 0.25) is 5.02 Å². The topological polar surface area (TPSA) is 75.9 Å². The second-order valence-corrected chi connectivity index (χ2v) is 5.89. The first kappa shape index (κ1) is 18.0. The number of alkyl halides is 3. The Morgan fingerprint density at radius 1 is 1.00 bits per heavy atom. The van der Waals surface area contributed by atoms with E-state index in [1.807, 2.05) is 0 Å². The standard InChI is InChI=1S/C16H13ClF3N5O/c1-8-5-13(23-15(21-8)24-14-6-9(2)26-25-14)22-12-7-10(16(18,19)20)3-4-11(12)17/h3-7H,1-2H3,(H2,21,22,23,24,25). The van der Waals surface area contributed by atoms with Crippen LogP contribution in [0, 0.1) is 13.8 Å². The molecule has 0 aliphatic rings. The number of halogens is 4. The van der Waals surface area contributed by atoms with Crippen LogP contribution < -0.4 is 10.6 Å². The van der Waals surface area contributed by atoms with Gasteiger partial charge in [0.05, 0.1) is 16.3 Å². The lowest BCUT2D eigenvalue weighted by Crippen LogP contribution is -2.06. The van der Waals surface area contributed by atoms with E-state index in [4.69, 9.17) is 16.1 Å². The molecular formula is C16H13ClF3N5O. The third-order valence-corrected chi connectivity index (χ3v) is 3.61. The van der Waals surface area contributed by atoms with Gasteiger partial charge in [0, 0.05) is 17.8 Å². The minimum atomic E-state index is -4.47. The van der Waals surface area contributed by atoms with Crippen LogP contribution in [0.1, 0.15) is 17.0 Å². The highest BCUT2D eigenvalue weighted by Gasteiger charge is 2.31. The van der Waals surface area contributed by atoms with E-state index in [2.05, 4.69) is 25.8 Å². The molecule has 0 saturated carbocycles. The largest absolute Gasteiger partial charge is 0.416 e. The van der Waals surface area contributed by atoms with Gasteiger partial charge in [0.25, 0.3) is 0 Å². The van der Waals surface area contributed by atoms with Crippen LogP contribution in [0.15, 0.2) is 34.9 Å². The number of nitrogens with one attached hydrogen (secondary N) is 2. The number of nitrogens with zero attached hydrogens (tertiary/aromatic N) is 3. The molecule has 0 aliphatic heterocycles. The first-order valence-electron chi connectivity index (χ1n) is 7.40. The molecule has 0 spiro atoms. The summed E-state index contributed by atoms with van der Waals surface area (Å²) in [5.41, 5.74) is -0.136. The van der Waals surface area contributed by atoms with Gasteiger partial charge in [0.2, 0.25) is 5.95 Å². The molecule has 0 atom stereocenters. The van der Waals surface area contributed by atoms with Crippen molar-refractivity contribution in [2.75, 3.05) is 10.6 Å². The Bertz CT molecular complexity index is 942. The minimum absolute atomic E-state index is 0.0859. The van der Waals surface area contributed by atoms with Crippen molar-refractivity contribution in [3.05, 3.63) is 52.4 Å². The van der Waals surface area contributed by atoms with E-state index in [0.29, 0.717) is 17.3 Å². The van der Waals surface area contributed by atoms with E-state index in [1.165, 1.54) is 6.07 Å². The van der Waals surface area contributed by atoms with Crippen molar-refractivity contribution in [2.24, 2.45) is 0 Å². The van der Waals surface area contributed by atoms with Gasteiger partial charge in [-0.15, -0.1) is 0 Å². The highest BCUT2D eigenvalue weighted by Crippen LogP contribution is 2.34. The molecule has 26 heavy (non-hydrogen) atoms. The lowest BCUT2D eigenvalue weighted by atomic mass is 10.2. The fraction of sp³-hybridized carbons (Fsp3) is 0.188. The van der Waals surface area contributed by atoms with E-state index in [-0.39, 0.29) is 22.5 Å². The zero-order chi connectivity index (χ0) is 18.9. The van der Waals surface area contributed by atoms with E-state index in [0.717, 1.165) is 12.1 Å². The first-order chi connectivity index (χ1) is 12.2. The number of hydrogen-bond donors (Lipinski definition) is 2. The lowest BCUT2D eigenvalue weighted by Gasteiger charge is -2.13. The molecule has 0 unspecified atom stereocenters. The maximum absolute atomic E-state index is 12.9. The zero-order valence-electron chi connectivity index (χ0n) is 13.6. The van der Waals surface area contributed by atoms with E-state index >= 15 is 0 Å². The molecule has 2 N–H and O–H groups in total. The molecule has 3 rings (SSSR count). The molecule has 2 heterocycles. The zero-order valence-corrected chi connectivity index (χ0v) is 14.4. The average Bonchev–Trinajstić information content (AvgIpc) is 2.93. The van der Waals surface area contributed by atoms with Crippen molar-refractivity contribution in [3.63, 3.8) is 0 Å². The molecule has 0 bridgehead atoms. The SMILES string of the molecule is Cc1cc(Nc2cc(C(F)(F)F)ccc2Cl)nc(Nc2cc(C)on2)n1. The molecule has 3 aromatic rings. The highest BCUT2D eigenvalue weighted by atomic mass is 35.5. The number of rotatable bonds is 4. The predicted molar refractivity (Wildman–Crippen MR) is 91.0 cm³/mol. The number of hydrogen-bond acceptors (Lipinski definition) is 6. The van der Waals surface area contributed by atoms with Gasteiger partial charge in [-0.3, -0.25) is 0 Å². The lowest BCUT2D eigenvalue weighted by molar-refractivity contribution is -0.137. The Labute approximate surface area is 151 Å². The summed E-state index contributed by atoms with van der Waals surface area (Å²) in [7, 11) is 0. The van der Waals surface area contributed by atoms with Crippen LogP contribution in [0.3, 0.4) is 0 Å². The average molecular weight is 384 g/mol. The van der Waals surface area contributed by atoms with E-state index in [1.54, 1.807) is 26.0 Å². The van der Waals surface area contributed by atoms with Gasteiger partial charge in [-0.1, -0.05) is 16.8 Å². The fourth-order valence-corrected chi connectivity index (χ4v) is 2.33.